The third-order valence-corrected chi connectivity index (χ3v) is 2.43. The highest BCUT2D eigenvalue weighted by atomic mass is 35.5. The van der Waals surface area contributed by atoms with Gasteiger partial charge in [0.1, 0.15) is 6.26 Å². The summed E-state index contributed by atoms with van der Waals surface area (Å²) in [5.41, 5.74) is 1.09. The zero-order valence-corrected chi connectivity index (χ0v) is 9.76. The van der Waals surface area contributed by atoms with Crippen LogP contribution in [0.2, 0.25) is 0 Å². The molecule has 0 fully saturated rings. The molecule has 0 bridgehead atoms. The van der Waals surface area contributed by atoms with Crippen molar-refractivity contribution in [1.29, 1.82) is 0 Å². The van der Waals surface area contributed by atoms with Crippen LogP contribution in [0.5, 0.6) is 11.5 Å². The van der Waals surface area contributed by atoms with Crippen molar-refractivity contribution in [2.24, 2.45) is 0 Å². The van der Waals surface area contributed by atoms with Gasteiger partial charge in [-0.1, -0.05) is 32.9 Å². The Balaban J connectivity index is 2.53. The molecular formula is C12H13ClO2. The number of hydrogen-bond acceptors (Lipinski definition) is 2. The van der Waals surface area contributed by atoms with Crippen molar-refractivity contribution in [1.82, 2.24) is 0 Å². The average Bonchev–Trinajstić information content (AvgIpc) is 2.15. The van der Waals surface area contributed by atoms with Crippen molar-refractivity contribution in [3.8, 4) is 11.5 Å². The van der Waals surface area contributed by atoms with Crippen LogP contribution in [0.4, 0.5) is 0 Å². The fraction of sp³-hybridized carbons (Fsp3) is 0.333. The van der Waals surface area contributed by atoms with Crippen molar-refractivity contribution in [3.05, 3.63) is 35.2 Å². The first-order valence-corrected chi connectivity index (χ1v) is 5.20. The number of rotatable bonds is 0. The van der Waals surface area contributed by atoms with E-state index >= 15 is 0 Å². The molecular weight excluding hydrogens is 212 g/mol. The SMILES string of the molecule is CC(C)(C)c1cccc2c1OC(Cl)=CO2. The van der Waals surface area contributed by atoms with E-state index < -0.39 is 0 Å². The van der Waals surface area contributed by atoms with Crippen LogP contribution in [0.15, 0.2) is 29.7 Å². The van der Waals surface area contributed by atoms with Gasteiger partial charge in [0.05, 0.1) is 0 Å². The Morgan fingerprint density at radius 2 is 1.93 bits per heavy atom. The molecule has 3 heteroatoms. The molecule has 15 heavy (non-hydrogen) atoms. The second kappa shape index (κ2) is 3.46. The Bertz CT molecular complexity index is 416. The summed E-state index contributed by atoms with van der Waals surface area (Å²) in [5.74, 6) is 1.43. The first kappa shape index (κ1) is 10.4. The fourth-order valence-electron chi connectivity index (χ4n) is 1.54. The van der Waals surface area contributed by atoms with E-state index in [-0.39, 0.29) is 10.6 Å². The molecule has 1 aromatic rings. The summed E-state index contributed by atoms with van der Waals surface area (Å²) in [6.07, 6.45) is 1.40. The Kier molecular flexibility index (Phi) is 2.39. The molecule has 2 nitrogen and oxygen atoms in total. The van der Waals surface area contributed by atoms with Crippen LogP contribution in [-0.4, -0.2) is 0 Å². The molecule has 0 aliphatic carbocycles. The minimum absolute atomic E-state index is 0.00319. The van der Waals surface area contributed by atoms with E-state index in [1.54, 1.807) is 0 Å². The first-order valence-electron chi connectivity index (χ1n) is 4.82. The summed E-state index contributed by atoms with van der Waals surface area (Å²) >= 11 is 5.78. The lowest BCUT2D eigenvalue weighted by Gasteiger charge is -2.25. The second-order valence-electron chi connectivity index (χ2n) is 4.52. The molecule has 0 saturated carbocycles. The average molecular weight is 225 g/mol. The molecule has 80 valence electrons. The molecule has 0 atom stereocenters. The van der Waals surface area contributed by atoms with E-state index in [9.17, 15) is 0 Å². The van der Waals surface area contributed by atoms with Crippen LogP contribution >= 0.6 is 11.6 Å². The van der Waals surface area contributed by atoms with E-state index in [2.05, 4.69) is 20.8 Å². The van der Waals surface area contributed by atoms with E-state index in [1.165, 1.54) is 6.26 Å². The number of ether oxygens (including phenoxy) is 2. The molecule has 0 amide bonds. The van der Waals surface area contributed by atoms with Gasteiger partial charge in [-0.15, -0.1) is 0 Å². The molecule has 2 rings (SSSR count). The third kappa shape index (κ3) is 1.95. The van der Waals surface area contributed by atoms with Crippen molar-refractivity contribution in [2.75, 3.05) is 0 Å². The molecule has 1 heterocycles. The lowest BCUT2D eigenvalue weighted by molar-refractivity contribution is 0.340. The van der Waals surface area contributed by atoms with Gasteiger partial charge < -0.3 is 9.47 Å². The molecule has 1 aliphatic heterocycles. The van der Waals surface area contributed by atoms with Crippen LogP contribution in [-0.2, 0) is 5.41 Å². The van der Waals surface area contributed by atoms with Gasteiger partial charge in [-0.05, 0) is 23.1 Å². The largest absolute Gasteiger partial charge is 0.456 e. The van der Waals surface area contributed by atoms with E-state index in [0.717, 1.165) is 11.3 Å². The summed E-state index contributed by atoms with van der Waals surface area (Å²) in [7, 11) is 0. The number of benzene rings is 1. The van der Waals surface area contributed by atoms with Gasteiger partial charge >= 0.3 is 0 Å². The van der Waals surface area contributed by atoms with Crippen molar-refractivity contribution >= 4 is 11.6 Å². The predicted molar refractivity (Wildman–Crippen MR) is 60.3 cm³/mol. The highest BCUT2D eigenvalue weighted by molar-refractivity contribution is 6.28. The molecule has 0 spiro atoms. The summed E-state index contributed by atoms with van der Waals surface area (Å²) in [4.78, 5) is 0. The van der Waals surface area contributed by atoms with Gasteiger partial charge in [0.25, 0.3) is 0 Å². The van der Waals surface area contributed by atoms with Crippen LogP contribution < -0.4 is 9.47 Å². The normalized spacial score (nSPS) is 14.8. The van der Waals surface area contributed by atoms with Gasteiger partial charge in [0.15, 0.2) is 11.5 Å². The molecule has 1 aliphatic rings. The zero-order valence-electron chi connectivity index (χ0n) is 9.00. The number of para-hydroxylation sites is 1. The second-order valence-corrected chi connectivity index (χ2v) is 4.90. The smallest absolute Gasteiger partial charge is 0.229 e. The van der Waals surface area contributed by atoms with Crippen LogP contribution in [0, 0.1) is 0 Å². The Labute approximate surface area is 94.5 Å². The first-order chi connectivity index (χ1) is 6.98. The van der Waals surface area contributed by atoms with E-state index in [1.807, 2.05) is 18.2 Å². The standard InChI is InChI=1S/C12H13ClO2/c1-12(2,3)8-5-4-6-9-11(8)15-10(13)7-14-9/h4-7H,1-3H3. The van der Waals surface area contributed by atoms with Crippen molar-refractivity contribution < 1.29 is 9.47 Å². The Morgan fingerprint density at radius 3 is 2.60 bits per heavy atom. The number of hydrogen-bond donors (Lipinski definition) is 0. The maximum absolute atomic E-state index is 5.78. The highest BCUT2D eigenvalue weighted by Gasteiger charge is 2.24. The van der Waals surface area contributed by atoms with Gasteiger partial charge in [-0.3, -0.25) is 0 Å². The summed E-state index contributed by atoms with van der Waals surface area (Å²) < 4.78 is 10.8. The summed E-state index contributed by atoms with van der Waals surface area (Å²) in [6, 6.07) is 5.85. The number of halogens is 1. The zero-order chi connectivity index (χ0) is 11.1. The summed E-state index contributed by atoms with van der Waals surface area (Å²) in [5, 5.41) is 0.263. The predicted octanol–water partition coefficient (Wildman–Crippen LogP) is 3.79. The minimum Gasteiger partial charge on any atom is -0.456 e. The van der Waals surface area contributed by atoms with Gasteiger partial charge in [-0.25, -0.2) is 0 Å². The van der Waals surface area contributed by atoms with Crippen molar-refractivity contribution in [2.45, 2.75) is 26.2 Å². The monoisotopic (exact) mass is 224 g/mol. The molecule has 1 aromatic carbocycles. The van der Waals surface area contributed by atoms with E-state index in [0.29, 0.717) is 5.75 Å². The Morgan fingerprint density at radius 1 is 1.20 bits per heavy atom. The molecule has 0 saturated heterocycles. The molecule has 0 unspecified atom stereocenters. The highest BCUT2D eigenvalue weighted by Crippen LogP contribution is 2.41. The quantitative estimate of drug-likeness (QED) is 0.668. The topological polar surface area (TPSA) is 18.5 Å². The maximum atomic E-state index is 5.78. The fourth-order valence-corrected chi connectivity index (χ4v) is 1.66. The van der Waals surface area contributed by atoms with Gasteiger partial charge in [-0.2, -0.15) is 0 Å². The molecule has 0 N–H and O–H groups in total. The third-order valence-electron chi connectivity index (χ3n) is 2.27. The van der Waals surface area contributed by atoms with Gasteiger partial charge in [0.2, 0.25) is 5.22 Å². The number of fused-ring (bicyclic) bond motifs is 1. The molecule has 0 aromatic heterocycles. The van der Waals surface area contributed by atoms with Gasteiger partial charge in [0, 0.05) is 5.56 Å². The van der Waals surface area contributed by atoms with Crippen LogP contribution in [0.25, 0.3) is 0 Å². The Hall–Kier alpha value is -1.15. The maximum Gasteiger partial charge on any atom is 0.229 e. The minimum atomic E-state index is 0.00319. The van der Waals surface area contributed by atoms with Crippen LogP contribution in [0.3, 0.4) is 0 Å². The van der Waals surface area contributed by atoms with Crippen molar-refractivity contribution in [3.63, 3.8) is 0 Å². The molecule has 0 radical (unpaired) electrons. The van der Waals surface area contributed by atoms with Crippen LogP contribution in [0.1, 0.15) is 26.3 Å². The summed E-state index contributed by atoms with van der Waals surface area (Å²) in [6.45, 7) is 6.37. The van der Waals surface area contributed by atoms with E-state index in [4.69, 9.17) is 21.1 Å². The lowest BCUT2D eigenvalue weighted by Crippen LogP contribution is -2.14. The lowest BCUT2D eigenvalue weighted by atomic mass is 9.86.